The van der Waals surface area contributed by atoms with E-state index in [-0.39, 0.29) is 31.2 Å². The van der Waals surface area contributed by atoms with Gasteiger partial charge in [0, 0.05) is 48.1 Å². The average Bonchev–Trinajstić information content (AvgIpc) is 3.02. The van der Waals surface area contributed by atoms with Crippen molar-refractivity contribution in [1.29, 1.82) is 0 Å². The SMILES string of the molecule is CCO[C@@H](CCO)c1ccc(OCc2ccc(F)c(-c3ccc(OC4COC(c5ccccc5)OC4)nc3C)c2)cc1. The first-order valence-corrected chi connectivity index (χ1v) is 14.2. The van der Waals surface area contributed by atoms with Crippen molar-refractivity contribution >= 4 is 0 Å². The number of aliphatic hydroxyl groups excluding tert-OH is 1. The first-order valence-electron chi connectivity index (χ1n) is 14.2. The maximum Gasteiger partial charge on any atom is 0.213 e. The summed E-state index contributed by atoms with van der Waals surface area (Å²) in [5.41, 5.74) is 4.54. The van der Waals surface area contributed by atoms with Crippen LogP contribution in [-0.4, -0.2) is 42.6 Å². The molecule has 1 aromatic heterocycles. The van der Waals surface area contributed by atoms with E-state index in [0.717, 1.165) is 16.7 Å². The minimum Gasteiger partial charge on any atom is -0.489 e. The highest BCUT2D eigenvalue weighted by Gasteiger charge is 2.25. The quantitative estimate of drug-likeness (QED) is 0.201. The van der Waals surface area contributed by atoms with Gasteiger partial charge in [0.25, 0.3) is 0 Å². The Kier molecular flexibility index (Phi) is 10.2. The first-order chi connectivity index (χ1) is 20.5. The Bertz CT molecular complexity index is 1420. The molecule has 220 valence electrons. The Hall–Kier alpha value is -3.82. The molecule has 0 saturated carbocycles. The lowest BCUT2D eigenvalue weighted by Crippen LogP contribution is -2.35. The number of nitrogens with zero attached hydrogens (tertiary/aromatic N) is 1. The van der Waals surface area contributed by atoms with Gasteiger partial charge in [0.15, 0.2) is 6.29 Å². The zero-order chi connectivity index (χ0) is 29.3. The number of pyridine rings is 1. The lowest BCUT2D eigenvalue weighted by atomic mass is 10.0. The first kappa shape index (κ1) is 29.7. The summed E-state index contributed by atoms with van der Waals surface area (Å²) in [4.78, 5) is 4.58. The summed E-state index contributed by atoms with van der Waals surface area (Å²) in [7, 11) is 0. The van der Waals surface area contributed by atoms with Gasteiger partial charge in [0.05, 0.1) is 19.3 Å². The number of hydrogen-bond acceptors (Lipinski definition) is 7. The third-order valence-electron chi connectivity index (χ3n) is 7.02. The summed E-state index contributed by atoms with van der Waals surface area (Å²) >= 11 is 0. The van der Waals surface area contributed by atoms with Crippen molar-refractivity contribution in [2.45, 2.75) is 45.4 Å². The van der Waals surface area contributed by atoms with Gasteiger partial charge in [-0.1, -0.05) is 48.5 Å². The predicted molar refractivity (Wildman–Crippen MR) is 157 cm³/mol. The molecular weight excluding hydrogens is 537 g/mol. The third-order valence-corrected chi connectivity index (χ3v) is 7.02. The zero-order valence-corrected chi connectivity index (χ0v) is 23.9. The molecular formula is C34H36FNO6. The third kappa shape index (κ3) is 7.52. The second-order valence-electron chi connectivity index (χ2n) is 10.1. The van der Waals surface area contributed by atoms with E-state index in [4.69, 9.17) is 23.7 Å². The minimum absolute atomic E-state index is 0.0561. The van der Waals surface area contributed by atoms with E-state index in [0.29, 0.717) is 54.7 Å². The minimum atomic E-state index is -0.411. The van der Waals surface area contributed by atoms with Gasteiger partial charge in [0.2, 0.25) is 5.88 Å². The molecule has 0 radical (unpaired) electrons. The fourth-order valence-electron chi connectivity index (χ4n) is 4.89. The average molecular weight is 574 g/mol. The molecule has 7 nitrogen and oxygen atoms in total. The highest BCUT2D eigenvalue weighted by atomic mass is 19.1. The molecule has 4 aromatic rings. The van der Waals surface area contributed by atoms with E-state index < -0.39 is 6.29 Å². The lowest BCUT2D eigenvalue weighted by molar-refractivity contribution is -0.216. The normalized spacial score (nSPS) is 17.5. The maximum atomic E-state index is 14.9. The predicted octanol–water partition coefficient (Wildman–Crippen LogP) is 6.73. The number of hydrogen-bond donors (Lipinski definition) is 1. The smallest absolute Gasteiger partial charge is 0.213 e. The molecule has 1 N–H and O–H groups in total. The van der Waals surface area contributed by atoms with Gasteiger partial charge in [0.1, 0.15) is 24.3 Å². The van der Waals surface area contributed by atoms with Crippen LogP contribution in [0.4, 0.5) is 4.39 Å². The van der Waals surface area contributed by atoms with Crippen LogP contribution in [0.25, 0.3) is 11.1 Å². The van der Waals surface area contributed by atoms with Crippen LogP contribution in [0.1, 0.15) is 48.1 Å². The van der Waals surface area contributed by atoms with E-state index in [1.54, 1.807) is 18.2 Å². The van der Waals surface area contributed by atoms with Gasteiger partial charge >= 0.3 is 0 Å². The second-order valence-corrected chi connectivity index (χ2v) is 10.1. The second kappa shape index (κ2) is 14.4. The molecule has 0 aliphatic carbocycles. The molecule has 0 amide bonds. The van der Waals surface area contributed by atoms with Crippen LogP contribution < -0.4 is 9.47 Å². The fraction of sp³-hybridized carbons (Fsp3) is 0.324. The molecule has 3 aromatic carbocycles. The molecule has 1 fully saturated rings. The largest absolute Gasteiger partial charge is 0.489 e. The summed E-state index contributed by atoms with van der Waals surface area (Å²) in [5.74, 6) is 0.781. The number of rotatable bonds is 12. The molecule has 42 heavy (non-hydrogen) atoms. The fourth-order valence-corrected chi connectivity index (χ4v) is 4.89. The zero-order valence-electron chi connectivity index (χ0n) is 23.9. The van der Waals surface area contributed by atoms with Crippen molar-refractivity contribution in [3.05, 3.63) is 113 Å². The van der Waals surface area contributed by atoms with Crippen LogP contribution >= 0.6 is 0 Å². The number of ether oxygens (including phenoxy) is 5. The molecule has 0 unspecified atom stereocenters. The van der Waals surface area contributed by atoms with Crippen LogP contribution in [-0.2, 0) is 20.8 Å². The Morgan fingerprint density at radius 3 is 2.40 bits per heavy atom. The van der Waals surface area contributed by atoms with Gasteiger partial charge in [-0.05, 0) is 55.3 Å². The summed E-state index contributed by atoms with van der Waals surface area (Å²) in [5, 5.41) is 9.30. The van der Waals surface area contributed by atoms with Crippen molar-refractivity contribution < 1.29 is 33.2 Å². The van der Waals surface area contributed by atoms with E-state index in [1.165, 1.54) is 6.07 Å². The van der Waals surface area contributed by atoms with Gasteiger partial charge in [-0.15, -0.1) is 0 Å². The number of halogens is 1. The van der Waals surface area contributed by atoms with Crippen molar-refractivity contribution in [1.82, 2.24) is 4.98 Å². The van der Waals surface area contributed by atoms with Crippen molar-refractivity contribution in [2.75, 3.05) is 26.4 Å². The molecule has 0 bridgehead atoms. The number of aliphatic hydroxyl groups is 1. The van der Waals surface area contributed by atoms with E-state index in [2.05, 4.69) is 4.98 Å². The molecule has 1 aliphatic rings. The standard InChI is InChI=1S/C34H36FNO6/c1-3-38-32(17-18-37)25-10-12-27(13-11-25)39-20-24-9-15-31(35)30(19-24)29-14-16-33(36-23(29)2)42-28-21-40-34(41-22-28)26-7-5-4-6-8-26/h4-16,19,28,32,34,37H,3,17-18,20-22H2,1-2H3/t28?,32-,34?/m0/s1. The van der Waals surface area contributed by atoms with Gasteiger partial charge in [-0.2, -0.15) is 0 Å². The van der Waals surface area contributed by atoms with Crippen LogP contribution in [0.15, 0.2) is 84.9 Å². The Balaban J connectivity index is 1.19. The van der Waals surface area contributed by atoms with Crippen molar-refractivity contribution in [3.63, 3.8) is 0 Å². The Morgan fingerprint density at radius 2 is 1.71 bits per heavy atom. The topological polar surface area (TPSA) is 79.3 Å². The highest BCUT2D eigenvalue weighted by Crippen LogP contribution is 2.30. The number of aromatic nitrogens is 1. The molecule has 2 heterocycles. The van der Waals surface area contributed by atoms with Crippen LogP contribution in [0.2, 0.25) is 0 Å². The van der Waals surface area contributed by atoms with Crippen molar-refractivity contribution in [3.8, 4) is 22.8 Å². The Morgan fingerprint density at radius 1 is 0.952 bits per heavy atom. The lowest BCUT2D eigenvalue weighted by Gasteiger charge is -2.29. The summed E-state index contributed by atoms with van der Waals surface area (Å²) in [6, 6.07) is 25.9. The maximum absolute atomic E-state index is 14.9. The van der Waals surface area contributed by atoms with Crippen LogP contribution in [0.3, 0.4) is 0 Å². The van der Waals surface area contributed by atoms with E-state index in [1.807, 2.05) is 74.5 Å². The molecule has 0 spiro atoms. The molecule has 5 rings (SSSR count). The summed E-state index contributed by atoms with van der Waals surface area (Å²) in [6.07, 6.45) is -0.328. The number of benzene rings is 3. The Labute approximate surface area is 245 Å². The summed E-state index contributed by atoms with van der Waals surface area (Å²) < 4.78 is 44.3. The number of aryl methyl sites for hydroxylation is 1. The summed E-state index contributed by atoms with van der Waals surface area (Å²) in [6.45, 7) is 5.41. The van der Waals surface area contributed by atoms with Crippen molar-refractivity contribution in [2.24, 2.45) is 0 Å². The van der Waals surface area contributed by atoms with Gasteiger partial charge < -0.3 is 28.8 Å². The van der Waals surface area contributed by atoms with E-state index >= 15 is 0 Å². The van der Waals surface area contributed by atoms with Gasteiger partial charge in [-0.25, -0.2) is 9.37 Å². The molecule has 1 aliphatic heterocycles. The molecule has 1 atom stereocenters. The van der Waals surface area contributed by atoms with Crippen LogP contribution in [0, 0.1) is 12.7 Å². The van der Waals surface area contributed by atoms with Gasteiger partial charge in [-0.3, -0.25) is 0 Å². The van der Waals surface area contributed by atoms with E-state index in [9.17, 15) is 9.50 Å². The highest BCUT2D eigenvalue weighted by molar-refractivity contribution is 5.67. The van der Waals surface area contributed by atoms with Crippen LogP contribution in [0.5, 0.6) is 11.6 Å². The molecule has 8 heteroatoms. The monoisotopic (exact) mass is 573 g/mol. The molecule has 1 saturated heterocycles.